The van der Waals surface area contributed by atoms with Gasteiger partial charge in [0.25, 0.3) is 0 Å². The standard InChI is InChI=1S/C18H31N3/c1-5-20-17(13-16-8-11-19-12-9-16)18(21(3)4)10-6-7-15(2)14-18/h8-9,11-12,15,17,20H,5-7,10,13-14H2,1-4H3. The number of likely N-dealkylation sites (N-methyl/N-ethyl adjacent to an activating group) is 2. The topological polar surface area (TPSA) is 28.2 Å². The van der Waals surface area contributed by atoms with Gasteiger partial charge in [0, 0.05) is 24.0 Å². The predicted octanol–water partition coefficient (Wildman–Crippen LogP) is 3.11. The van der Waals surface area contributed by atoms with Crippen molar-refractivity contribution in [3.05, 3.63) is 30.1 Å². The van der Waals surface area contributed by atoms with E-state index in [-0.39, 0.29) is 5.54 Å². The number of hydrogen-bond donors (Lipinski definition) is 1. The van der Waals surface area contributed by atoms with Crippen LogP contribution in [0.15, 0.2) is 24.5 Å². The molecule has 3 unspecified atom stereocenters. The molecule has 21 heavy (non-hydrogen) atoms. The van der Waals surface area contributed by atoms with Crippen molar-refractivity contribution >= 4 is 0 Å². The lowest BCUT2D eigenvalue weighted by atomic mass is 9.70. The van der Waals surface area contributed by atoms with Gasteiger partial charge in [0.2, 0.25) is 0 Å². The molecule has 118 valence electrons. The second kappa shape index (κ2) is 7.37. The zero-order valence-corrected chi connectivity index (χ0v) is 14.1. The highest BCUT2D eigenvalue weighted by atomic mass is 15.2. The molecule has 2 rings (SSSR count). The molecule has 1 aliphatic carbocycles. The fourth-order valence-corrected chi connectivity index (χ4v) is 4.05. The minimum Gasteiger partial charge on any atom is -0.312 e. The number of aromatic nitrogens is 1. The van der Waals surface area contributed by atoms with Crippen LogP contribution < -0.4 is 5.32 Å². The van der Waals surface area contributed by atoms with E-state index < -0.39 is 0 Å². The molecule has 1 fully saturated rings. The Labute approximate surface area is 130 Å². The molecule has 0 spiro atoms. The van der Waals surface area contributed by atoms with Gasteiger partial charge in [0.05, 0.1) is 0 Å². The number of rotatable bonds is 6. The van der Waals surface area contributed by atoms with E-state index in [0.717, 1.165) is 18.9 Å². The minimum absolute atomic E-state index is 0.275. The van der Waals surface area contributed by atoms with Crippen LogP contribution in [0, 0.1) is 5.92 Å². The lowest BCUT2D eigenvalue weighted by Crippen LogP contribution is -2.61. The Hall–Kier alpha value is -0.930. The van der Waals surface area contributed by atoms with Crippen LogP contribution in [-0.4, -0.2) is 42.1 Å². The van der Waals surface area contributed by atoms with Gasteiger partial charge in [-0.2, -0.15) is 0 Å². The zero-order valence-electron chi connectivity index (χ0n) is 14.1. The zero-order chi connectivity index (χ0) is 15.3. The van der Waals surface area contributed by atoms with E-state index in [4.69, 9.17) is 0 Å². The van der Waals surface area contributed by atoms with Crippen molar-refractivity contribution in [3.63, 3.8) is 0 Å². The molecule has 3 heteroatoms. The number of nitrogens with zero attached hydrogens (tertiary/aromatic N) is 2. The van der Waals surface area contributed by atoms with Gasteiger partial charge in [-0.25, -0.2) is 0 Å². The molecule has 0 aromatic carbocycles. The summed E-state index contributed by atoms with van der Waals surface area (Å²) in [6.07, 6.45) is 10.2. The van der Waals surface area contributed by atoms with Crippen molar-refractivity contribution in [1.29, 1.82) is 0 Å². The first-order valence-corrected chi connectivity index (χ1v) is 8.38. The molecule has 1 aliphatic rings. The van der Waals surface area contributed by atoms with Gasteiger partial charge in [0.15, 0.2) is 0 Å². The van der Waals surface area contributed by atoms with E-state index in [9.17, 15) is 0 Å². The van der Waals surface area contributed by atoms with Crippen LogP contribution in [0.2, 0.25) is 0 Å². The largest absolute Gasteiger partial charge is 0.312 e. The third-order valence-corrected chi connectivity index (χ3v) is 5.19. The second-order valence-electron chi connectivity index (χ2n) is 6.87. The van der Waals surface area contributed by atoms with E-state index in [1.807, 2.05) is 12.4 Å². The van der Waals surface area contributed by atoms with E-state index in [0.29, 0.717) is 6.04 Å². The van der Waals surface area contributed by atoms with Gasteiger partial charge in [-0.3, -0.25) is 4.98 Å². The average molecular weight is 289 g/mol. The summed E-state index contributed by atoms with van der Waals surface area (Å²) in [6.45, 7) is 5.65. The number of nitrogens with one attached hydrogen (secondary N) is 1. The fourth-order valence-electron chi connectivity index (χ4n) is 4.05. The van der Waals surface area contributed by atoms with Crippen molar-refractivity contribution in [2.75, 3.05) is 20.6 Å². The van der Waals surface area contributed by atoms with Gasteiger partial charge in [0.1, 0.15) is 0 Å². The molecule has 3 nitrogen and oxygen atoms in total. The summed E-state index contributed by atoms with van der Waals surface area (Å²) in [6, 6.07) is 4.81. The van der Waals surface area contributed by atoms with E-state index in [2.05, 4.69) is 55.3 Å². The monoisotopic (exact) mass is 289 g/mol. The second-order valence-corrected chi connectivity index (χ2v) is 6.87. The SMILES string of the molecule is CCNC(Cc1ccncc1)C1(N(C)C)CCCC(C)C1. The summed E-state index contributed by atoms with van der Waals surface area (Å²) in [5.41, 5.74) is 1.66. The normalized spacial score (nSPS) is 27.8. The van der Waals surface area contributed by atoms with Crippen LogP contribution >= 0.6 is 0 Å². The Morgan fingerprint density at radius 1 is 1.38 bits per heavy atom. The Bertz CT molecular complexity index is 418. The lowest BCUT2D eigenvalue weighted by molar-refractivity contribution is 0.0378. The van der Waals surface area contributed by atoms with Crippen molar-refractivity contribution in [2.24, 2.45) is 5.92 Å². The maximum Gasteiger partial charge on any atom is 0.0362 e. The minimum atomic E-state index is 0.275. The molecule has 3 atom stereocenters. The first kappa shape index (κ1) is 16.4. The number of pyridine rings is 1. The molecule has 0 amide bonds. The lowest BCUT2D eigenvalue weighted by Gasteiger charge is -2.50. The maximum atomic E-state index is 4.14. The van der Waals surface area contributed by atoms with E-state index >= 15 is 0 Å². The molecule has 0 bridgehead atoms. The quantitative estimate of drug-likeness (QED) is 0.872. The van der Waals surface area contributed by atoms with Crippen LogP contribution in [0.1, 0.15) is 45.1 Å². The van der Waals surface area contributed by atoms with Gasteiger partial charge in [-0.1, -0.05) is 26.7 Å². The summed E-state index contributed by atoms with van der Waals surface area (Å²) in [5.74, 6) is 0.819. The molecule has 1 heterocycles. The summed E-state index contributed by atoms with van der Waals surface area (Å²) >= 11 is 0. The Morgan fingerprint density at radius 3 is 2.67 bits per heavy atom. The van der Waals surface area contributed by atoms with Gasteiger partial charge < -0.3 is 10.2 Å². The van der Waals surface area contributed by atoms with Crippen LogP contribution in [0.4, 0.5) is 0 Å². The highest BCUT2D eigenvalue weighted by molar-refractivity contribution is 5.15. The van der Waals surface area contributed by atoms with Crippen LogP contribution in [0.3, 0.4) is 0 Å². The van der Waals surface area contributed by atoms with Crippen molar-refractivity contribution in [2.45, 2.75) is 57.5 Å². The molecule has 1 N–H and O–H groups in total. The third kappa shape index (κ3) is 3.83. The molecule has 1 saturated carbocycles. The van der Waals surface area contributed by atoms with Crippen LogP contribution in [-0.2, 0) is 6.42 Å². The van der Waals surface area contributed by atoms with Crippen molar-refractivity contribution in [3.8, 4) is 0 Å². The summed E-state index contributed by atoms with van der Waals surface area (Å²) in [7, 11) is 4.52. The van der Waals surface area contributed by atoms with Crippen molar-refractivity contribution < 1.29 is 0 Å². The van der Waals surface area contributed by atoms with E-state index in [1.54, 1.807) is 0 Å². The van der Waals surface area contributed by atoms with Gasteiger partial charge >= 0.3 is 0 Å². The van der Waals surface area contributed by atoms with Crippen molar-refractivity contribution in [1.82, 2.24) is 15.2 Å². The van der Waals surface area contributed by atoms with Crippen LogP contribution in [0.5, 0.6) is 0 Å². The molecule has 1 aromatic heterocycles. The first-order valence-electron chi connectivity index (χ1n) is 8.38. The number of hydrogen-bond acceptors (Lipinski definition) is 3. The predicted molar refractivity (Wildman–Crippen MR) is 89.5 cm³/mol. The molecule has 0 radical (unpaired) electrons. The fraction of sp³-hybridized carbons (Fsp3) is 0.722. The van der Waals surface area contributed by atoms with Crippen LogP contribution in [0.25, 0.3) is 0 Å². The smallest absolute Gasteiger partial charge is 0.0362 e. The summed E-state index contributed by atoms with van der Waals surface area (Å²) < 4.78 is 0. The Balaban J connectivity index is 2.24. The highest BCUT2D eigenvalue weighted by Crippen LogP contribution is 2.39. The first-order chi connectivity index (χ1) is 10.1. The summed E-state index contributed by atoms with van der Waals surface area (Å²) in [5, 5.41) is 3.78. The molecular weight excluding hydrogens is 258 g/mol. The third-order valence-electron chi connectivity index (χ3n) is 5.19. The maximum absolute atomic E-state index is 4.14. The molecule has 0 aliphatic heterocycles. The summed E-state index contributed by atoms with van der Waals surface area (Å²) in [4.78, 5) is 6.63. The van der Waals surface area contributed by atoms with Gasteiger partial charge in [-0.05, 0) is 63.5 Å². The average Bonchev–Trinajstić information content (AvgIpc) is 2.47. The highest BCUT2D eigenvalue weighted by Gasteiger charge is 2.43. The van der Waals surface area contributed by atoms with E-state index in [1.165, 1.54) is 31.2 Å². The Morgan fingerprint density at radius 2 is 2.10 bits per heavy atom. The molecule has 1 aromatic rings. The molecular formula is C18H31N3. The molecule has 0 saturated heterocycles. The Kier molecular flexibility index (Phi) is 5.77. The van der Waals surface area contributed by atoms with Gasteiger partial charge in [-0.15, -0.1) is 0 Å².